The van der Waals surface area contributed by atoms with Crippen LogP contribution in [0.3, 0.4) is 0 Å². The summed E-state index contributed by atoms with van der Waals surface area (Å²) >= 11 is 0. The summed E-state index contributed by atoms with van der Waals surface area (Å²) in [6.07, 6.45) is -4.02. The fraction of sp³-hybridized carbons (Fsp3) is 0.250. The lowest BCUT2D eigenvalue weighted by atomic mass is 10.0. The Balaban J connectivity index is 1.46. The van der Waals surface area contributed by atoms with Gasteiger partial charge in [0.05, 0.1) is 17.8 Å². The lowest BCUT2D eigenvalue weighted by Gasteiger charge is -2.28. The molecule has 1 aliphatic carbocycles. The number of alkyl halides is 3. The maximum Gasteiger partial charge on any atom is 0.419 e. The van der Waals surface area contributed by atoms with Gasteiger partial charge in [-0.15, -0.1) is 0 Å². The number of nitrogens with zero attached hydrogens (tertiary/aromatic N) is 2. The Morgan fingerprint density at radius 1 is 0.923 bits per heavy atom. The number of amides is 3. The predicted octanol–water partition coefficient (Wildman–Crippen LogP) is 6.60. The summed E-state index contributed by atoms with van der Waals surface area (Å²) in [6.45, 7) is 2.69. The second kappa shape index (κ2) is 9.18. The van der Waals surface area contributed by atoms with Crippen LogP contribution in [0.2, 0.25) is 0 Å². The van der Waals surface area contributed by atoms with Crippen LogP contribution in [0.5, 0.6) is 0 Å². The largest absolute Gasteiger partial charge is 0.419 e. The molecule has 202 valence electrons. The average molecular weight is 543 g/mol. The number of rotatable bonds is 5. The molecular weight excluding hydrogens is 521 g/mol. The molecule has 0 aromatic heterocycles. The number of anilines is 3. The van der Waals surface area contributed by atoms with Crippen LogP contribution in [0, 0.1) is 11.6 Å². The van der Waals surface area contributed by atoms with Crippen molar-refractivity contribution in [3.8, 4) is 0 Å². The van der Waals surface area contributed by atoms with Gasteiger partial charge in [0.1, 0.15) is 17.2 Å². The first kappa shape index (κ1) is 26.3. The Morgan fingerprint density at radius 3 is 2.38 bits per heavy atom. The molecule has 5 rings (SSSR count). The predicted molar refractivity (Wildman–Crippen MR) is 133 cm³/mol. The maximum atomic E-state index is 14.2. The molecule has 6 nitrogen and oxygen atoms in total. The van der Waals surface area contributed by atoms with E-state index in [-0.39, 0.29) is 12.3 Å². The number of carbonyl (C=O) groups is 3. The summed E-state index contributed by atoms with van der Waals surface area (Å²) in [5, 5.41) is 3.10. The highest BCUT2D eigenvalue weighted by atomic mass is 19.4. The lowest BCUT2D eigenvalue weighted by Crippen LogP contribution is -2.43. The number of Topliss-reactive ketones (excluding diaryl/α,β-unsaturated/α-hetero) is 1. The summed E-state index contributed by atoms with van der Waals surface area (Å²) in [4.78, 5) is 40.3. The van der Waals surface area contributed by atoms with E-state index >= 15 is 0 Å². The first-order valence-electron chi connectivity index (χ1n) is 12.0. The Morgan fingerprint density at radius 2 is 1.67 bits per heavy atom. The number of ketones is 1. The van der Waals surface area contributed by atoms with Gasteiger partial charge in [-0.3, -0.25) is 9.59 Å². The molecule has 3 amide bonds. The van der Waals surface area contributed by atoms with Gasteiger partial charge in [0.15, 0.2) is 5.78 Å². The molecule has 1 aliphatic heterocycles. The summed E-state index contributed by atoms with van der Waals surface area (Å²) in [7, 11) is 0. The van der Waals surface area contributed by atoms with E-state index in [1.807, 2.05) is 0 Å². The second-order valence-electron chi connectivity index (χ2n) is 9.95. The highest BCUT2D eigenvalue weighted by Crippen LogP contribution is 2.39. The number of fused-ring (bicyclic) bond motifs is 1. The fourth-order valence-corrected chi connectivity index (χ4v) is 4.86. The number of nitrogens with one attached hydrogen (secondary N) is 1. The van der Waals surface area contributed by atoms with Crippen LogP contribution in [0.15, 0.2) is 54.6 Å². The quantitative estimate of drug-likeness (QED) is 0.291. The first-order chi connectivity index (χ1) is 18.3. The van der Waals surface area contributed by atoms with E-state index < -0.39 is 46.5 Å². The van der Waals surface area contributed by atoms with Crippen LogP contribution >= 0.6 is 0 Å². The number of benzene rings is 3. The highest BCUT2D eigenvalue weighted by Gasteiger charge is 2.52. The van der Waals surface area contributed by atoms with Gasteiger partial charge in [-0.1, -0.05) is 6.07 Å². The first-order valence-corrected chi connectivity index (χ1v) is 12.0. The van der Waals surface area contributed by atoms with Gasteiger partial charge in [0, 0.05) is 23.4 Å². The Bertz CT molecular complexity index is 1530. The number of hydrogen-bond acceptors (Lipinski definition) is 4. The third kappa shape index (κ3) is 4.62. The van der Waals surface area contributed by atoms with Crippen LogP contribution in [0.4, 0.5) is 43.8 Å². The number of aryl methyl sites for hydroxylation is 1. The van der Waals surface area contributed by atoms with E-state index in [2.05, 4.69) is 5.32 Å². The van der Waals surface area contributed by atoms with Crippen molar-refractivity contribution in [3.63, 3.8) is 0 Å². The Hall–Kier alpha value is -4.28. The SMILES string of the molecule is CC1(C)C(=O)N(c2ccc(F)c(C(F)(F)F)c2)C(=O)N1Cc1ccc(F)cc1Nc1ccc2c(c1)CCC2=O. The van der Waals surface area contributed by atoms with Crippen molar-refractivity contribution in [2.24, 2.45) is 0 Å². The molecule has 11 heteroatoms. The van der Waals surface area contributed by atoms with Crippen molar-refractivity contribution in [1.29, 1.82) is 0 Å². The Labute approximate surface area is 220 Å². The zero-order valence-corrected chi connectivity index (χ0v) is 20.8. The minimum atomic E-state index is -5.03. The van der Waals surface area contributed by atoms with Gasteiger partial charge in [-0.2, -0.15) is 13.2 Å². The molecule has 0 spiro atoms. The molecule has 1 heterocycles. The van der Waals surface area contributed by atoms with Crippen molar-refractivity contribution in [1.82, 2.24) is 4.90 Å². The molecule has 0 unspecified atom stereocenters. The fourth-order valence-electron chi connectivity index (χ4n) is 4.86. The van der Waals surface area contributed by atoms with Gasteiger partial charge in [-0.05, 0) is 79.9 Å². The molecule has 3 aromatic carbocycles. The topological polar surface area (TPSA) is 69.7 Å². The summed E-state index contributed by atoms with van der Waals surface area (Å²) in [5.41, 5.74) is -0.684. The van der Waals surface area contributed by atoms with Crippen LogP contribution in [0.1, 0.15) is 47.3 Å². The van der Waals surface area contributed by atoms with Crippen LogP contribution in [-0.2, 0) is 23.9 Å². The molecule has 39 heavy (non-hydrogen) atoms. The number of imide groups is 1. The van der Waals surface area contributed by atoms with Crippen molar-refractivity contribution in [3.05, 3.63) is 88.5 Å². The summed E-state index contributed by atoms with van der Waals surface area (Å²) in [5.74, 6) is -2.84. The minimum Gasteiger partial charge on any atom is -0.355 e. The summed E-state index contributed by atoms with van der Waals surface area (Å²) < 4.78 is 67.9. The van der Waals surface area contributed by atoms with Crippen molar-refractivity contribution < 1.29 is 36.3 Å². The zero-order valence-electron chi connectivity index (χ0n) is 20.8. The minimum absolute atomic E-state index is 0.0514. The van der Waals surface area contributed by atoms with Crippen molar-refractivity contribution in [2.75, 3.05) is 10.2 Å². The molecule has 0 saturated carbocycles. The highest BCUT2D eigenvalue weighted by molar-refractivity contribution is 6.23. The number of urea groups is 1. The van der Waals surface area contributed by atoms with Crippen molar-refractivity contribution in [2.45, 2.75) is 44.9 Å². The van der Waals surface area contributed by atoms with E-state index in [0.29, 0.717) is 52.4 Å². The molecular formula is C28H22F5N3O3. The zero-order chi connectivity index (χ0) is 28.3. The second-order valence-corrected chi connectivity index (χ2v) is 9.95. The molecule has 1 saturated heterocycles. The molecule has 1 fully saturated rings. The van der Waals surface area contributed by atoms with E-state index in [4.69, 9.17) is 0 Å². The average Bonchev–Trinajstić information content (AvgIpc) is 3.30. The Kier molecular flexibility index (Phi) is 6.20. The molecule has 0 radical (unpaired) electrons. The molecule has 1 N–H and O–H groups in total. The number of carbonyl (C=O) groups excluding carboxylic acids is 3. The van der Waals surface area contributed by atoms with Gasteiger partial charge in [0.25, 0.3) is 5.91 Å². The number of halogens is 5. The van der Waals surface area contributed by atoms with E-state index in [9.17, 15) is 36.3 Å². The van der Waals surface area contributed by atoms with Gasteiger partial charge in [-0.25, -0.2) is 18.5 Å². The van der Waals surface area contributed by atoms with E-state index in [0.717, 1.165) is 16.5 Å². The van der Waals surface area contributed by atoms with Crippen LogP contribution < -0.4 is 10.2 Å². The molecule has 0 bridgehead atoms. The normalized spacial score (nSPS) is 16.7. The van der Waals surface area contributed by atoms with Gasteiger partial charge in [0.2, 0.25) is 0 Å². The smallest absolute Gasteiger partial charge is 0.355 e. The van der Waals surface area contributed by atoms with Crippen LogP contribution in [0.25, 0.3) is 0 Å². The third-order valence-electron chi connectivity index (χ3n) is 7.04. The third-order valence-corrected chi connectivity index (χ3v) is 7.04. The van der Waals surface area contributed by atoms with E-state index in [1.54, 1.807) is 18.2 Å². The standard InChI is InChI=1S/C28H22F5N3O3/c1-27(2)25(38)36(19-7-9-22(30)21(13-19)28(31,32)33)26(39)35(27)14-16-3-5-17(29)12-23(16)34-18-6-8-20-15(11-18)4-10-24(20)37/h3,5-9,11-13,34H,4,10,14H2,1-2H3. The molecule has 3 aromatic rings. The van der Waals surface area contributed by atoms with E-state index in [1.165, 1.54) is 32.0 Å². The molecule has 2 aliphatic rings. The number of hydrogen-bond donors (Lipinski definition) is 1. The lowest BCUT2D eigenvalue weighted by molar-refractivity contribution is -0.140. The van der Waals surface area contributed by atoms with Crippen molar-refractivity contribution >= 4 is 34.8 Å². The van der Waals surface area contributed by atoms with Gasteiger partial charge >= 0.3 is 12.2 Å². The van der Waals surface area contributed by atoms with Gasteiger partial charge < -0.3 is 10.2 Å². The monoisotopic (exact) mass is 543 g/mol. The van der Waals surface area contributed by atoms with Crippen LogP contribution in [-0.4, -0.2) is 28.2 Å². The summed E-state index contributed by atoms with van der Waals surface area (Å²) in [6, 6.07) is 10.0. The molecule has 0 atom stereocenters. The maximum absolute atomic E-state index is 14.2.